The van der Waals surface area contributed by atoms with Gasteiger partial charge in [0.1, 0.15) is 6.61 Å². The number of esters is 1. The Morgan fingerprint density at radius 1 is 1.10 bits per heavy atom. The molecule has 2 aliphatic rings. The summed E-state index contributed by atoms with van der Waals surface area (Å²) in [4.78, 5) is 32.2. The van der Waals surface area contributed by atoms with E-state index in [-0.39, 0.29) is 17.8 Å². The number of amidine groups is 1. The van der Waals surface area contributed by atoms with Crippen LogP contribution in [-0.2, 0) is 20.9 Å². The molecule has 2 aromatic rings. The summed E-state index contributed by atoms with van der Waals surface area (Å²) in [7, 11) is 0. The van der Waals surface area contributed by atoms with E-state index in [4.69, 9.17) is 4.74 Å². The monoisotopic (exact) mass is 406 g/mol. The third-order valence-electron chi connectivity index (χ3n) is 5.08. The average Bonchev–Trinajstić information content (AvgIpc) is 3.00. The van der Waals surface area contributed by atoms with Crippen LogP contribution in [0.4, 0.5) is 0 Å². The minimum absolute atomic E-state index is 0.0415. The van der Waals surface area contributed by atoms with Gasteiger partial charge in [-0.05, 0) is 31.9 Å². The molecule has 29 heavy (non-hydrogen) atoms. The summed E-state index contributed by atoms with van der Waals surface area (Å²) in [5.74, 6) is -0.489. The molecule has 2 aliphatic heterocycles. The second-order valence-corrected chi connectivity index (χ2v) is 8.54. The molecule has 5 nitrogen and oxygen atoms in total. The van der Waals surface area contributed by atoms with Crippen molar-refractivity contribution in [1.82, 2.24) is 4.90 Å². The predicted octanol–water partition coefficient (Wildman–Crippen LogP) is 4.39. The zero-order valence-electron chi connectivity index (χ0n) is 16.6. The Morgan fingerprint density at radius 2 is 1.79 bits per heavy atom. The average molecular weight is 407 g/mol. The van der Waals surface area contributed by atoms with Gasteiger partial charge in [-0.15, -0.1) is 0 Å². The van der Waals surface area contributed by atoms with Gasteiger partial charge < -0.3 is 4.74 Å². The molecule has 0 radical (unpaired) electrons. The number of aryl methyl sites for hydroxylation is 1. The molecule has 0 aliphatic carbocycles. The van der Waals surface area contributed by atoms with E-state index >= 15 is 0 Å². The second-order valence-electron chi connectivity index (χ2n) is 7.24. The van der Waals surface area contributed by atoms with Crippen molar-refractivity contribution in [2.24, 2.45) is 4.99 Å². The highest BCUT2D eigenvalue weighted by atomic mass is 32.2. The number of rotatable bonds is 4. The van der Waals surface area contributed by atoms with Crippen LogP contribution < -0.4 is 0 Å². The van der Waals surface area contributed by atoms with Crippen LogP contribution in [0.25, 0.3) is 0 Å². The Bertz CT molecular complexity index is 1010. The van der Waals surface area contributed by atoms with E-state index in [1.807, 2.05) is 68.4 Å². The smallest absolute Gasteiger partial charge is 0.338 e. The molecule has 1 amide bonds. The molecule has 6 heteroatoms. The molecule has 2 atom stereocenters. The minimum atomic E-state index is -0.531. The van der Waals surface area contributed by atoms with Crippen molar-refractivity contribution in [3.63, 3.8) is 0 Å². The van der Waals surface area contributed by atoms with Crippen molar-refractivity contribution in [3.05, 3.63) is 82.6 Å². The second kappa shape index (κ2) is 7.87. The van der Waals surface area contributed by atoms with Crippen LogP contribution in [0.3, 0.4) is 0 Å². The van der Waals surface area contributed by atoms with Gasteiger partial charge >= 0.3 is 5.97 Å². The van der Waals surface area contributed by atoms with Gasteiger partial charge in [0.2, 0.25) is 5.91 Å². The fourth-order valence-corrected chi connectivity index (χ4v) is 4.56. The van der Waals surface area contributed by atoms with E-state index in [0.717, 1.165) is 16.7 Å². The molecular weight excluding hydrogens is 384 g/mol. The summed E-state index contributed by atoms with van der Waals surface area (Å²) in [5.41, 5.74) is 3.90. The normalized spacial score (nSPS) is 21.1. The summed E-state index contributed by atoms with van der Waals surface area (Å²) in [6.45, 7) is 5.85. The van der Waals surface area contributed by atoms with Gasteiger partial charge in [0.05, 0.1) is 22.6 Å². The Kier molecular flexibility index (Phi) is 5.28. The fraction of sp³-hybridized carbons (Fsp3) is 0.261. The topological polar surface area (TPSA) is 59.0 Å². The summed E-state index contributed by atoms with van der Waals surface area (Å²) < 4.78 is 5.61. The van der Waals surface area contributed by atoms with E-state index in [0.29, 0.717) is 16.4 Å². The summed E-state index contributed by atoms with van der Waals surface area (Å²) >= 11 is 1.43. The Balaban J connectivity index is 1.71. The summed E-state index contributed by atoms with van der Waals surface area (Å²) in [6.07, 6.45) is 0. The van der Waals surface area contributed by atoms with Crippen molar-refractivity contribution in [2.45, 2.75) is 38.7 Å². The lowest BCUT2D eigenvalue weighted by molar-refractivity contribution is -0.141. The molecule has 2 heterocycles. The lowest BCUT2D eigenvalue weighted by atomic mass is 9.93. The molecule has 1 saturated heterocycles. The first-order valence-electron chi connectivity index (χ1n) is 9.52. The third-order valence-corrected chi connectivity index (χ3v) is 6.14. The number of carbonyl (C=O) groups is 2. The van der Waals surface area contributed by atoms with Crippen molar-refractivity contribution in [2.75, 3.05) is 0 Å². The third kappa shape index (κ3) is 3.72. The number of aliphatic imine (C=N–C) groups is 1. The number of benzene rings is 2. The van der Waals surface area contributed by atoms with E-state index < -0.39 is 12.0 Å². The molecule has 0 spiro atoms. The van der Waals surface area contributed by atoms with Gasteiger partial charge in [-0.3, -0.25) is 9.69 Å². The Morgan fingerprint density at radius 3 is 2.48 bits per heavy atom. The van der Waals surface area contributed by atoms with Gasteiger partial charge in [0.15, 0.2) is 5.17 Å². The van der Waals surface area contributed by atoms with Crippen LogP contribution in [0.5, 0.6) is 0 Å². The maximum atomic E-state index is 13.1. The lowest BCUT2D eigenvalue weighted by Crippen LogP contribution is -2.40. The van der Waals surface area contributed by atoms with Crippen LogP contribution in [-0.4, -0.2) is 27.2 Å². The van der Waals surface area contributed by atoms with Crippen molar-refractivity contribution < 1.29 is 14.3 Å². The standard InChI is InChI=1S/C23H22N2O3S/c1-14-9-11-18(12-10-14)20-19(22(27)28-13-17-7-5-4-6-8-17)15(2)24-23-25(20)21(26)16(3)29-23/h4-12,16,20H,13H2,1-3H3/t16-,20-/m1/s1. The summed E-state index contributed by atoms with van der Waals surface area (Å²) in [5, 5.41) is 0.416. The van der Waals surface area contributed by atoms with Gasteiger partial charge in [0.25, 0.3) is 0 Å². The number of hydrogen-bond acceptors (Lipinski definition) is 5. The number of ether oxygens (including phenoxy) is 1. The van der Waals surface area contributed by atoms with Crippen LogP contribution >= 0.6 is 11.8 Å². The Hall–Kier alpha value is -2.86. The SMILES string of the molecule is CC1=C(C(=O)OCc2ccccc2)[C@@H](c2ccc(C)cc2)N2C(=O)[C@@H](C)SC2=N1. The molecular formula is C23H22N2O3S. The van der Waals surface area contributed by atoms with Gasteiger partial charge in [0, 0.05) is 0 Å². The summed E-state index contributed by atoms with van der Waals surface area (Å²) in [6, 6.07) is 16.9. The first kappa shape index (κ1) is 19.5. The zero-order chi connectivity index (χ0) is 20.5. The molecule has 148 valence electrons. The van der Waals surface area contributed by atoms with Gasteiger partial charge in [-0.2, -0.15) is 0 Å². The Labute approximate surface area is 174 Å². The number of allylic oxidation sites excluding steroid dienone is 1. The molecule has 0 saturated carbocycles. The van der Waals surface area contributed by atoms with Crippen LogP contribution in [0.15, 0.2) is 70.9 Å². The van der Waals surface area contributed by atoms with Gasteiger partial charge in [-0.25, -0.2) is 9.79 Å². The number of amides is 1. The maximum Gasteiger partial charge on any atom is 0.338 e. The highest BCUT2D eigenvalue weighted by Gasteiger charge is 2.46. The molecule has 2 aromatic carbocycles. The minimum Gasteiger partial charge on any atom is -0.457 e. The molecule has 0 unspecified atom stereocenters. The van der Waals surface area contributed by atoms with Crippen LogP contribution in [0, 0.1) is 6.92 Å². The maximum absolute atomic E-state index is 13.1. The molecule has 1 fully saturated rings. The fourth-order valence-electron chi connectivity index (χ4n) is 3.53. The van der Waals surface area contributed by atoms with Gasteiger partial charge in [-0.1, -0.05) is 71.9 Å². The zero-order valence-corrected chi connectivity index (χ0v) is 17.4. The number of thioether (sulfide) groups is 1. The van der Waals surface area contributed by atoms with E-state index in [1.54, 1.807) is 11.8 Å². The van der Waals surface area contributed by atoms with Crippen molar-refractivity contribution >= 4 is 28.8 Å². The number of nitrogens with zero attached hydrogens (tertiary/aromatic N) is 2. The molecule has 4 rings (SSSR count). The van der Waals surface area contributed by atoms with Crippen LogP contribution in [0.2, 0.25) is 0 Å². The lowest BCUT2D eigenvalue weighted by Gasteiger charge is -2.33. The highest BCUT2D eigenvalue weighted by molar-refractivity contribution is 8.15. The first-order valence-corrected chi connectivity index (χ1v) is 10.4. The van der Waals surface area contributed by atoms with E-state index in [1.165, 1.54) is 11.8 Å². The molecule has 0 aromatic heterocycles. The number of carbonyl (C=O) groups excluding carboxylic acids is 2. The molecule has 0 N–H and O–H groups in total. The quantitative estimate of drug-likeness (QED) is 0.707. The van der Waals surface area contributed by atoms with E-state index in [9.17, 15) is 9.59 Å². The van der Waals surface area contributed by atoms with Crippen molar-refractivity contribution in [3.8, 4) is 0 Å². The molecule has 0 bridgehead atoms. The first-order chi connectivity index (χ1) is 14.0. The highest BCUT2D eigenvalue weighted by Crippen LogP contribution is 2.43. The van der Waals surface area contributed by atoms with Crippen LogP contribution in [0.1, 0.15) is 36.6 Å². The number of fused-ring (bicyclic) bond motifs is 1. The van der Waals surface area contributed by atoms with Crippen molar-refractivity contribution in [1.29, 1.82) is 0 Å². The largest absolute Gasteiger partial charge is 0.457 e. The predicted molar refractivity (Wildman–Crippen MR) is 114 cm³/mol. The van der Waals surface area contributed by atoms with E-state index in [2.05, 4.69) is 4.99 Å². The number of hydrogen-bond donors (Lipinski definition) is 0.